The lowest BCUT2D eigenvalue weighted by Crippen LogP contribution is -2.37. The van der Waals surface area contributed by atoms with Gasteiger partial charge in [0, 0.05) is 6.54 Å². The smallest absolute Gasteiger partial charge is 0.433 e. The SMILES string of the molecule is O=C1OC(CN2CCCCC2)CN1/N=C/c1ccc([N+](=O)[O-])o1. The van der Waals surface area contributed by atoms with Crippen LogP contribution in [0, 0.1) is 10.1 Å². The summed E-state index contributed by atoms with van der Waals surface area (Å²) in [7, 11) is 0. The summed E-state index contributed by atoms with van der Waals surface area (Å²) >= 11 is 0. The molecule has 9 heteroatoms. The largest absolute Gasteiger partial charge is 0.441 e. The number of carbonyl (C=O) groups excluding carboxylic acids is 1. The summed E-state index contributed by atoms with van der Waals surface area (Å²) in [6, 6.07) is 2.66. The molecule has 124 valence electrons. The predicted molar refractivity (Wildman–Crippen MR) is 80.2 cm³/mol. The van der Waals surface area contributed by atoms with E-state index in [4.69, 9.17) is 9.15 Å². The number of cyclic esters (lactones) is 1. The van der Waals surface area contributed by atoms with E-state index in [2.05, 4.69) is 10.0 Å². The van der Waals surface area contributed by atoms with E-state index in [0.717, 1.165) is 13.1 Å². The molecule has 1 unspecified atom stereocenters. The number of rotatable bonds is 5. The molecule has 2 fully saturated rings. The van der Waals surface area contributed by atoms with E-state index in [9.17, 15) is 14.9 Å². The number of piperidine rings is 1. The van der Waals surface area contributed by atoms with Crippen molar-refractivity contribution in [1.82, 2.24) is 9.91 Å². The lowest BCUT2D eigenvalue weighted by Gasteiger charge is -2.27. The molecule has 9 nitrogen and oxygen atoms in total. The van der Waals surface area contributed by atoms with Gasteiger partial charge in [-0.15, -0.1) is 0 Å². The van der Waals surface area contributed by atoms with Gasteiger partial charge >= 0.3 is 12.0 Å². The predicted octanol–water partition coefficient (Wildman–Crippen LogP) is 1.83. The van der Waals surface area contributed by atoms with Crippen molar-refractivity contribution in [3.8, 4) is 0 Å². The molecular weight excluding hydrogens is 304 g/mol. The van der Waals surface area contributed by atoms with E-state index in [1.165, 1.54) is 42.6 Å². The number of hydrogen-bond donors (Lipinski definition) is 0. The Morgan fingerprint density at radius 2 is 2.13 bits per heavy atom. The molecule has 0 radical (unpaired) electrons. The van der Waals surface area contributed by atoms with Crippen LogP contribution in [0.5, 0.6) is 0 Å². The van der Waals surface area contributed by atoms with Gasteiger partial charge < -0.3 is 9.15 Å². The topological polar surface area (TPSA) is 101 Å². The maximum absolute atomic E-state index is 11.8. The lowest BCUT2D eigenvalue weighted by molar-refractivity contribution is -0.402. The average Bonchev–Trinajstić information content (AvgIpc) is 3.13. The third-order valence-corrected chi connectivity index (χ3v) is 3.88. The summed E-state index contributed by atoms with van der Waals surface area (Å²) in [5.41, 5.74) is 0. The molecular formula is C14H18N4O5. The minimum absolute atomic E-state index is 0.205. The van der Waals surface area contributed by atoms with E-state index < -0.39 is 11.0 Å². The Hall–Kier alpha value is -2.42. The van der Waals surface area contributed by atoms with Gasteiger partial charge in [-0.25, -0.2) is 4.79 Å². The number of hydrazone groups is 1. The normalized spacial score (nSPS) is 22.7. The molecule has 23 heavy (non-hydrogen) atoms. The zero-order valence-electron chi connectivity index (χ0n) is 12.6. The van der Waals surface area contributed by atoms with Gasteiger partial charge in [0.1, 0.15) is 11.0 Å². The van der Waals surface area contributed by atoms with E-state index in [-0.39, 0.29) is 17.7 Å². The van der Waals surface area contributed by atoms with Crippen LogP contribution in [0.1, 0.15) is 25.0 Å². The van der Waals surface area contributed by atoms with Crippen LogP contribution in [0.15, 0.2) is 21.7 Å². The molecule has 2 aliphatic heterocycles. The highest BCUT2D eigenvalue weighted by atomic mass is 16.6. The Kier molecular flexibility index (Phi) is 4.56. The standard InChI is InChI=1S/C14H18N4O5/c19-14-17(15-8-11-4-5-13(22-11)18(20)21)10-12(23-14)9-16-6-2-1-3-7-16/h4-5,8,12H,1-3,6-7,9-10H2/b15-8+. The van der Waals surface area contributed by atoms with Crippen LogP contribution in [0.2, 0.25) is 0 Å². The molecule has 1 amide bonds. The number of amides is 1. The van der Waals surface area contributed by atoms with Crippen LogP contribution in [-0.4, -0.2) is 59.4 Å². The van der Waals surface area contributed by atoms with Crippen molar-refractivity contribution in [2.24, 2.45) is 5.10 Å². The zero-order valence-corrected chi connectivity index (χ0v) is 12.6. The molecule has 3 rings (SSSR count). The van der Waals surface area contributed by atoms with Crippen molar-refractivity contribution in [3.05, 3.63) is 28.0 Å². The van der Waals surface area contributed by atoms with Gasteiger partial charge in [-0.1, -0.05) is 6.42 Å². The van der Waals surface area contributed by atoms with Crippen LogP contribution < -0.4 is 0 Å². The zero-order chi connectivity index (χ0) is 16.2. The molecule has 2 aliphatic rings. The highest BCUT2D eigenvalue weighted by Gasteiger charge is 2.32. The summed E-state index contributed by atoms with van der Waals surface area (Å²) in [6.45, 7) is 3.15. The first-order chi connectivity index (χ1) is 11.1. The average molecular weight is 322 g/mol. The Balaban J connectivity index is 1.54. The summed E-state index contributed by atoms with van der Waals surface area (Å²) in [4.78, 5) is 24.0. The van der Waals surface area contributed by atoms with E-state index in [1.54, 1.807) is 0 Å². The number of ether oxygens (including phenoxy) is 1. The molecule has 0 aromatic carbocycles. The lowest BCUT2D eigenvalue weighted by atomic mass is 10.1. The van der Waals surface area contributed by atoms with Gasteiger partial charge in [-0.3, -0.25) is 15.0 Å². The van der Waals surface area contributed by atoms with Gasteiger partial charge in [0.15, 0.2) is 5.76 Å². The maximum atomic E-state index is 11.8. The molecule has 0 aliphatic carbocycles. The molecule has 2 saturated heterocycles. The minimum atomic E-state index is -0.629. The monoisotopic (exact) mass is 322 g/mol. The first-order valence-electron chi connectivity index (χ1n) is 7.60. The van der Waals surface area contributed by atoms with E-state index in [1.807, 2.05) is 0 Å². The summed E-state index contributed by atoms with van der Waals surface area (Å²) in [5.74, 6) is -0.151. The highest BCUT2D eigenvalue weighted by Crippen LogP contribution is 2.17. The molecule has 0 saturated carbocycles. The fourth-order valence-electron chi connectivity index (χ4n) is 2.76. The first-order valence-corrected chi connectivity index (χ1v) is 7.60. The second-order valence-corrected chi connectivity index (χ2v) is 5.63. The quantitative estimate of drug-likeness (QED) is 0.465. The summed E-state index contributed by atoms with van der Waals surface area (Å²) < 4.78 is 10.3. The maximum Gasteiger partial charge on any atom is 0.433 e. The Morgan fingerprint density at radius 3 is 2.83 bits per heavy atom. The van der Waals surface area contributed by atoms with Gasteiger partial charge in [0.05, 0.1) is 18.8 Å². The van der Waals surface area contributed by atoms with Crippen molar-refractivity contribution in [2.75, 3.05) is 26.2 Å². The van der Waals surface area contributed by atoms with E-state index >= 15 is 0 Å². The molecule has 1 aromatic heterocycles. The van der Waals surface area contributed by atoms with Crippen molar-refractivity contribution >= 4 is 18.2 Å². The second kappa shape index (κ2) is 6.78. The molecule has 3 heterocycles. The Morgan fingerprint density at radius 1 is 1.35 bits per heavy atom. The van der Waals surface area contributed by atoms with E-state index in [0.29, 0.717) is 13.1 Å². The first kappa shape index (κ1) is 15.5. The van der Waals surface area contributed by atoms with Crippen molar-refractivity contribution in [1.29, 1.82) is 0 Å². The van der Waals surface area contributed by atoms with Crippen molar-refractivity contribution < 1.29 is 18.9 Å². The van der Waals surface area contributed by atoms with Gasteiger partial charge in [0.25, 0.3) is 0 Å². The number of carbonyl (C=O) groups is 1. The van der Waals surface area contributed by atoms with Crippen molar-refractivity contribution in [2.45, 2.75) is 25.4 Å². The third kappa shape index (κ3) is 3.86. The number of likely N-dealkylation sites (tertiary alicyclic amines) is 1. The molecule has 0 spiro atoms. The number of furan rings is 1. The van der Waals surface area contributed by atoms with Crippen LogP contribution >= 0.6 is 0 Å². The van der Waals surface area contributed by atoms with Gasteiger partial charge in [-0.05, 0) is 32.0 Å². The summed E-state index contributed by atoms with van der Waals surface area (Å²) in [6.07, 6.45) is 4.18. The molecule has 0 N–H and O–H groups in total. The summed E-state index contributed by atoms with van der Waals surface area (Å²) in [5, 5.41) is 15.7. The van der Waals surface area contributed by atoms with Gasteiger partial charge in [0.2, 0.25) is 0 Å². The van der Waals surface area contributed by atoms with Gasteiger partial charge in [-0.2, -0.15) is 10.1 Å². The fraction of sp³-hybridized carbons (Fsp3) is 0.571. The Bertz CT molecular complexity index is 608. The fourth-order valence-corrected chi connectivity index (χ4v) is 2.76. The minimum Gasteiger partial charge on any atom is -0.441 e. The highest BCUT2D eigenvalue weighted by molar-refractivity contribution is 5.78. The van der Waals surface area contributed by atoms with Crippen LogP contribution in [-0.2, 0) is 4.74 Å². The number of nitro groups is 1. The van der Waals surface area contributed by atoms with Crippen molar-refractivity contribution in [3.63, 3.8) is 0 Å². The van der Waals surface area contributed by atoms with Crippen LogP contribution in [0.25, 0.3) is 0 Å². The van der Waals surface area contributed by atoms with Crippen LogP contribution in [0.3, 0.4) is 0 Å². The molecule has 0 bridgehead atoms. The second-order valence-electron chi connectivity index (χ2n) is 5.63. The number of hydrogen-bond acceptors (Lipinski definition) is 7. The number of nitrogens with zero attached hydrogens (tertiary/aromatic N) is 4. The van der Waals surface area contributed by atoms with Crippen LogP contribution in [0.4, 0.5) is 10.7 Å². The Labute approximate surface area is 132 Å². The molecule has 1 aromatic rings. The molecule has 1 atom stereocenters. The third-order valence-electron chi connectivity index (χ3n) is 3.88.